The molecule has 3 aromatic rings. The molecule has 5 nitrogen and oxygen atoms in total. The van der Waals surface area contributed by atoms with E-state index in [1.807, 2.05) is 12.1 Å². The molecule has 0 unspecified atom stereocenters. The molecule has 0 amide bonds. The molecular formula is C19H16FN3O2. The monoisotopic (exact) mass is 337 g/mol. The molecular weight excluding hydrogens is 321 g/mol. The molecule has 0 aliphatic carbocycles. The van der Waals surface area contributed by atoms with Crippen molar-refractivity contribution in [3.8, 4) is 22.5 Å². The van der Waals surface area contributed by atoms with Gasteiger partial charge in [0.15, 0.2) is 5.82 Å². The number of imidazole rings is 1. The van der Waals surface area contributed by atoms with E-state index in [1.165, 1.54) is 12.1 Å². The minimum absolute atomic E-state index is 0.289. The van der Waals surface area contributed by atoms with Gasteiger partial charge >= 0.3 is 0 Å². The summed E-state index contributed by atoms with van der Waals surface area (Å²) in [5.74, 6) is 0.279. The fourth-order valence-electron chi connectivity index (χ4n) is 2.68. The summed E-state index contributed by atoms with van der Waals surface area (Å²) in [7, 11) is 0. The van der Waals surface area contributed by atoms with Crippen LogP contribution >= 0.6 is 0 Å². The van der Waals surface area contributed by atoms with Gasteiger partial charge in [0.05, 0.1) is 24.6 Å². The molecule has 0 saturated carbocycles. The molecule has 2 aromatic heterocycles. The van der Waals surface area contributed by atoms with E-state index in [-0.39, 0.29) is 5.82 Å². The summed E-state index contributed by atoms with van der Waals surface area (Å²) >= 11 is 0. The number of pyridine rings is 1. The Bertz CT molecular complexity index is 881. The zero-order chi connectivity index (χ0) is 17.2. The summed E-state index contributed by atoms with van der Waals surface area (Å²) in [6, 6.07) is 9.99. The third kappa shape index (κ3) is 3.22. The molecule has 25 heavy (non-hydrogen) atoms. The lowest BCUT2D eigenvalue weighted by molar-refractivity contribution is -0.165. The highest BCUT2D eigenvalue weighted by Gasteiger charge is 2.24. The lowest BCUT2D eigenvalue weighted by Gasteiger charge is -2.22. The number of H-pyrrole nitrogens is 1. The number of aromatic nitrogens is 3. The first kappa shape index (κ1) is 15.7. The van der Waals surface area contributed by atoms with Gasteiger partial charge in [-0.1, -0.05) is 6.58 Å². The van der Waals surface area contributed by atoms with Crippen LogP contribution in [0.15, 0.2) is 60.9 Å². The van der Waals surface area contributed by atoms with Gasteiger partial charge in [0.25, 0.3) is 0 Å². The van der Waals surface area contributed by atoms with Gasteiger partial charge < -0.3 is 14.5 Å². The van der Waals surface area contributed by atoms with Crippen LogP contribution in [-0.4, -0.2) is 28.2 Å². The maximum atomic E-state index is 13.3. The Morgan fingerprint density at radius 2 is 1.68 bits per heavy atom. The van der Waals surface area contributed by atoms with Crippen molar-refractivity contribution < 1.29 is 13.9 Å². The summed E-state index contributed by atoms with van der Waals surface area (Å²) in [4.78, 5) is 12.0. The molecule has 1 aromatic carbocycles. The lowest BCUT2D eigenvalue weighted by atomic mass is 10.1. The van der Waals surface area contributed by atoms with E-state index >= 15 is 0 Å². The second-order valence-electron chi connectivity index (χ2n) is 5.79. The zero-order valence-corrected chi connectivity index (χ0v) is 13.4. The van der Waals surface area contributed by atoms with Crippen LogP contribution in [0.3, 0.4) is 0 Å². The number of nitrogens with zero attached hydrogens (tertiary/aromatic N) is 2. The van der Waals surface area contributed by atoms with Gasteiger partial charge in [-0.25, -0.2) is 9.37 Å². The highest BCUT2D eigenvalue weighted by molar-refractivity contribution is 5.78. The van der Waals surface area contributed by atoms with Gasteiger partial charge in [-0.2, -0.15) is 0 Å². The van der Waals surface area contributed by atoms with Crippen molar-refractivity contribution in [1.82, 2.24) is 15.0 Å². The maximum Gasteiger partial charge on any atom is 0.217 e. The SMILES string of the molecule is C=C1COC(c2nc(-c3ccc(F)cc3)c(-c3ccncc3)[nH]2)OC1. The second kappa shape index (κ2) is 6.58. The van der Waals surface area contributed by atoms with Gasteiger partial charge in [0.2, 0.25) is 6.29 Å². The predicted molar refractivity (Wildman–Crippen MR) is 91.0 cm³/mol. The topological polar surface area (TPSA) is 60.0 Å². The van der Waals surface area contributed by atoms with Crippen LogP contribution in [-0.2, 0) is 9.47 Å². The van der Waals surface area contributed by atoms with Gasteiger partial charge in [-0.3, -0.25) is 4.98 Å². The van der Waals surface area contributed by atoms with E-state index in [9.17, 15) is 4.39 Å². The molecule has 4 rings (SSSR count). The van der Waals surface area contributed by atoms with Gasteiger partial charge in [-0.05, 0) is 42.0 Å². The molecule has 1 fully saturated rings. The van der Waals surface area contributed by atoms with E-state index in [1.54, 1.807) is 24.5 Å². The van der Waals surface area contributed by atoms with E-state index in [2.05, 4.69) is 21.5 Å². The van der Waals surface area contributed by atoms with Crippen LogP contribution in [0, 0.1) is 5.82 Å². The first-order chi connectivity index (χ1) is 12.2. The summed E-state index contributed by atoms with van der Waals surface area (Å²) in [5.41, 5.74) is 4.12. The molecule has 6 heteroatoms. The number of halogens is 1. The minimum atomic E-state index is -0.583. The maximum absolute atomic E-state index is 13.3. The highest BCUT2D eigenvalue weighted by atomic mass is 19.1. The van der Waals surface area contributed by atoms with E-state index < -0.39 is 6.29 Å². The normalized spacial score (nSPS) is 15.5. The molecule has 0 spiro atoms. The zero-order valence-electron chi connectivity index (χ0n) is 13.4. The molecule has 0 bridgehead atoms. The summed E-state index contributed by atoms with van der Waals surface area (Å²) in [5, 5.41) is 0. The van der Waals surface area contributed by atoms with Crippen LogP contribution in [0.25, 0.3) is 22.5 Å². The third-order valence-electron chi connectivity index (χ3n) is 3.91. The third-order valence-corrected chi connectivity index (χ3v) is 3.91. The van der Waals surface area contributed by atoms with Crippen molar-refractivity contribution in [1.29, 1.82) is 0 Å². The van der Waals surface area contributed by atoms with Crippen molar-refractivity contribution in [3.63, 3.8) is 0 Å². The molecule has 1 saturated heterocycles. The van der Waals surface area contributed by atoms with Crippen LogP contribution in [0.2, 0.25) is 0 Å². The van der Waals surface area contributed by atoms with Crippen molar-refractivity contribution in [2.75, 3.05) is 13.2 Å². The quantitative estimate of drug-likeness (QED) is 0.737. The van der Waals surface area contributed by atoms with Crippen molar-refractivity contribution >= 4 is 0 Å². The Morgan fingerprint density at radius 1 is 1.00 bits per heavy atom. The molecule has 3 heterocycles. The highest BCUT2D eigenvalue weighted by Crippen LogP contribution is 2.33. The van der Waals surface area contributed by atoms with Crippen LogP contribution in [0.4, 0.5) is 4.39 Å². The minimum Gasteiger partial charge on any atom is -0.341 e. The Morgan fingerprint density at radius 3 is 2.36 bits per heavy atom. The fourth-order valence-corrected chi connectivity index (χ4v) is 2.68. The number of nitrogens with one attached hydrogen (secondary N) is 1. The Hall–Kier alpha value is -2.83. The second-order valence-corrected chi connectivity index (χ2v) is 5.79. The molecule has 1 N–H and O–H groups in total. The summed E-state index contributed by atoms with van der Waals surface area (Å²) in [6.45, 7) is 4.71. The average Bonchev–Trinajstić information content (AvgIpc) is 3.09. The molecule has 0 radical (unpaired) electrons. The van der Waals surface area contributed by atoms with Gasteiger partial charge in [0.1, 0.15) is 5.82 Å². The Labute approximate surface area is 144 Å². The summed E-state index contributed by atoms with van der Waals surface area (Å²) < 4.78 is 24.6. The molecule has 0 atom stereocenters. The van der Waals surface area contributed by atoms with Gasteiger partial charge in [0, 0.05) is 23.5 Å². The fraction of sp³-hybridized carbons (Fsp3) is 0.158. The van der Waals surface area contributed by atoms with E-state index in [4.69, 9.17) is 9.47 Å². The van der Waals surface area contributed by atoms with Crippen molar-refractivity contribution in [2.45, 2.75) is 6.29 Å². The van der Waals surface area contributed by atoms with Crippen molar-refractivity contribution in [2.24, 2.45) is 0 Å². The number of rotatable bonds is 3. The number of ether oxygens (including phenoxy) is 2. The van der Waals surface area contributed by atoms with Crippen molar-refractivity contribution in [3.05, 3.63) is 72.6 Å². The van der Waals surface area contributed by atoms with E-state index in [0.29, 0.717) is 24.7 Å². The van der Waals surface area contributed by atoms with Crippen LogP contribution in [0.1, 0.15) is 12.1 Å². The van der Waals surface area contributed by atoms with Gasteiger partial charge in [-0.15, -0.1) is 0 Å². The number of hydrogen-bond donors (Lipinski definition) is 1. The number of hydrogen-bond acceptors (Lipinski definition) is 4. The van der Waals surface area contributed by atoms with Crippen LogP contribution < -0.4 is 0 Å². The molecule has 1 aliphatic rings. The molecule has 1 aliphatic heterocycles. The Balaban J connectivity index is 1.78. The molecule has 126 valence electrons. The lowest BCUT2D eigenvalue weighted by Crippen LogP contribution is -2.20. The Kier molecular flexibility index (Phi) is 4.13. The summed E-state index contributed by atoms with van der Waals surface area (Å²) in [6.07, 6.45) is 2.84. The van der Waals surface area contributed by atoms with E-state index in [0.717, 1.165) is 22.4 Å². The standard InChI is InChI=1S/C19H16FN3O2/c1-12-10-24-19(25-11-12)18-22-16(13-2-4-15(20)5-3-13)17(23-18)14-6-8-21-9-7-14/h2-9,19H,1,10-11H2,(H,22,23). The predicted octanol–water partition coefficient (Wildman–Crippen LogP) is 3.88. The van der Waals surface area contributed by atoms with Crippen LogP contribution in [0.5, 0.6) is 0 Å². The average molecular weight is 337 g/mol. The number of benzene rings is 1. The number of aromatic amines is 1. The smallest absolute Gasteiger partial charge is 0.217 e. The first-order valence-corrected chi connectivity index (χ1v) is 7.87. The first-order valence-electron chi connectivity index (χ1n) is 7.87. The largest absolute Gasteiger partial charge is 0.341 e.